The lowest BCUT2D eigenvalue weighted by Crippen LogP contribution is -2.52. The van der Waals surface area contributed by atoms with Gasteiger partial charge in [0.25, 0.3) is 10.0 Å². The summed E-state index contributed by atoms with van der Waals surface area (Å²) in [6.45, 7) is 8.67. The van der Waals surface area contributed by atoms with E-state index in [1.165, 1.54) is 17.0 Å². The predicted molar refractivity (Wildman–Crippen MR) is 161 cm³/mol. The second kappa shape index (κ2) is 13.5. The molecule has 1 atom stereocenters. The number of nitrogens with zero attached hydrogens (tertiary/aromatic N) is 2. The van der Waals surface area contributed by atoms with E-state index < -0.39 is 28.5 Å². The van der Waals surface area contributed by atoms with Gasteiger partial charge < -0.3 is 10.2 Å². The molecule has 0 unspecified atom stereocenters. The third kappa shape index (κ3) is 7.56. The number of hydrogen-bond donors (Lipinski definition) is 1. The number of carbonyl (C=O) groups excluding carboxylic acids is 2. The largest absolute Gasteiger partial charge is 0.352 e. The summed E-state index contributed by atoms with van der Waals surface area (Å²) >= 11 is 12.8. The molecule has 0 saturated carbocycles. The molecule has 0 spiro atoms. The van der Waals surface area contributed by atoms with Crippen LogP contribution in [0, 0.1) is 0 Å². The van der Waals surface area contributed by atoms with Gasteiger partial charge >= 0.3 is 0 Å². The molecule has 7 nitrogen and oxygen atoms in total. The second-order valence-electron chi connectivity index (χ2n) is 10.1. The number of rotatable bonds is 11. The minimum absolute atomic E-state index is 0.0435. The number of amides is 2. The molecule has 0 radical (unpaired) electrons. The van der Waals surface area contributed by atoms with Crippen LogP contribution < -0.4 is 9.62 Å². The molecule has 0 aliphatic heterocycles. The lowest BCUT2D eigenvalue weighted by molar-refractivity contribution is -0.139. The molecule has 0 aliphatic carbocycles. The van der Waals surface area contributed by atoms with Crippen LogP contribution >= 0.6 is 23.2 Å². The van der Waals surface area contributed by atoms with Crippen molar-refractivity contribution >= 4 is 50.7 Å². The number of hydrogen-bond acceptors (Lipinski definition) is 4. The first kappa shape index (κ1) is 31.5. The highest BCUT2D eigenvalue weighted by molar-refractivity contribution is 7.92. The van der Waals surface area contributed by atoms with Gasteiger partial charge in [0.2, 0.25) is 11.8 Å². The summed E-state index contributed by atoms with van der Waals surface area (Å²) < 4.78 is 28.8. The highest BCUT2D eigenvalue weighted by Gasteiger charge is 2.33. The van der Waals surface area contributed by atoms with E-state index in [-0.39, 0.29) is 29.3 Å². The summed E-state index contributed by atoms with van der Waals surface area (Å²) in [6.07, 6.45) is 0. The Morgan fingerprint density at radius 2 is 1.40 bits per heavy atom. The maximum atomic E-state index is 14.0. The van der Waals surface area contributed by atoms with E-state index in [4.69, 9.17) is 23.2 Å². The van der Waals surface area contributed by atoms with E-state index in [9.17, 15) is 18.0 Å². The summed E-state index contributed by atoms with van der Waals surface area (Å²) in [7, 11) is -4.14. The minimum atomic E-state index is -4.14. The van der Waals surface area contributed by atoms with Gasteiger partial charge in [-0.25, -0.2) is 8.42 Å². The predicted octanol–water partition coefficient (Wildman–Crippen LogP) is 6.25. The zero-order valence-corrected chi connectivity index (χ0v) is 25.6. The molecule has 2 amide bonds. The number of carbonyl (C=O) groups is 2. The van der Waals surface area contributed by atoms with Crippen LogP contribution in [0.5, 0.6) is 0 Å². The molecule has 0 fully saturated rings. The van der Waals surface area contributed by atoms with Crippen LogP contribution in [0.1, 0.15) is 51.7 Å². The Balaban J connectivity index is 2.07. The van der Waals surface area contributed by atoms with Crippen molar-refractivity contribution in [1.29, 1.82) is 0 Å². The summed E-state index contributed by atoms with van der Waals surface area (Å²) in [4.78, 5) is 28.4. The van der Waals surface area contributed by atoms with Crippen molar-refractivity contribution in [2.75, 3.05) is 10.8 Å². The van der Waals surface area contributed by atoms with Crippen LogP contribution in [-0.4, -0.2) is 43.8 Å². The van der Waals surface area contributed by atoms with Gasteiger partial charge in [0, 0.05) is 28.2 Å². The van der Waals surface area contributed by atoms with Gasteiger partial charge in [0.1, 0.15) is 12.6 Å². The molecule has 0 aromatic heterocycles. The van der Waals surface area contributed by atoms with Gasteiger partial charge in [-0.2, -0.15) is 0 Å². The third-order valence-electron chi connectivity index (χ3n) is 6.45. The molecule has 3 aromatic carbocycles. The van der Waals surface area contributed by atoms with Crippen LogP contribution in [0.4, 0.5) is 5.69 Å². The molecule has 0 bridgehead atoms. The van der Waals surface area contributed by atoms with Crippen LogP contribution in [0.15, 0.2) is 77.7 Å². The quantitative estimate of drug-likeness (QED) is 0.280. The number of nitrogens with one attached hydrogen (secondary N) is 1. The highest BCUT2D eigenvalue weighted by Crippen LogP contribution is 2.29. The molecule has 0 saturated heterocycles. The Morgan fingerprint density at radius 3 is 1.93 bits per heavy atom. The zero-order valence-electron chi connectivity index (χ0n) is 23.3. The number of sulfonamides is 1. The minimum Gasteiger partial charge on any atom is -0.352 e. The summed E-state index contributed by atoms with van der Waals surface area (Å²) in [5.74, 6) is -0.730. The van der Waals surface area contributed by atoms with Crippen molar-refractivity contribution in [3.05, 3.63) is 94.0 Å². The van der Waals surface area contributed by atoms with Crippen molar-refractivity contribution in [1.82, 2.24) is 10.2 Å². The van der Waals surface area contributed by atoms with E-state index in [1.54, 1.807) is 55.5 Å². The van der Waals surface area contributed by atoms with Crippen molar-refractivity contribution in [2.45, 2.75) is 64.1 Å². The molecule has 3 rings (SSSR count). The van der Waals surface area contributed by atoms with Crippen LogP contribution in [0.2, 0.25) is 10.0 Å². The monoisotopic (exact) mass is 603 g/mol. The molecule has 214 valence electrons. The molecule has 10 heteroatoms. The first-order chi connectivity index (χ1) is 18.8. The molecule has 3 aromatic rings. The molecule has 0 heterocycles. The molecule has 0 aliphatic rings. The van der Waals surface area contributed by atoms with Crippen LogP contribution in [0.3, 0.4) is 0 Å². The van der Waals surface area contributed by atoms with Gasteiger partial charge in [0.15, 0.2) is 0 Å². The highest BCUT2D eigenvalue weighted by atomic mass is 35.5. The van der Waals surface area contributed by atoms with E-state index in [1.807, 2.05) is 39.8 Å². The van der Waals surface area contributed by atoms with Gasteiger partial charge in [-0.3, -0.25) is 13.9 Å². The molecule has 1 N–H and O–H groups in total. The summed E-state index contributed by atoms with van der Waals surface area (Å²) in [6, 6.07) is 18.9. The number of anilines is 1. The standard InChI is InChI=1S/C30H35Cl2N3O4S/c1-20(2)23-14-16-24(17-15-23)35(40(38,39)25-10-7-6-8-11-25)19-29(36)34(22(5)30(37)33-21(3)4)18-26-27(31)12-9-13-28(26)32/h6-17,20-22H,18-19H2,1-5H3,(H,33,37)/t22-/m1/s1. The van der Waals surface area contributed by atoms with Crippen molar-refractivity contribution in [2.24, 2.45) is 0 Å². The SMILES string of the molecule is CC(C)NC(=O)[C@@H](C)N(Cc1c(Cl)cccc1Cl)C(=O)CN(c1ccc(C(C)C)cc1)S(=O)(=O)c1ccccc1. The lowest BCUT2D eigenvalue weighted by Gasteiger charge is -2.32. The van der Waals surface area contributed by atoms with Gasteiger partial charge in [-0.15, -0.1) is 0 Å². The van der Waals surface area contributed by atoms with E-state index in [2.05, 4.69) is 5.32 Å². The van der Waals surface area contributed by atoms with Gasteiger partial charge in [-0.05, 0) is 68.7 Å². The van der Waals surface area contributed by atoms with Crippen molar-refractivity contribution < 1.29 is 18.0 Å². The summed E-state index contributed by atoms with van der Waals surface area (Å²) in [5.41, 5.74) is 1.82. The van der Waals surface area contributed by atoms with E-state index in [0.29, 0.717) is 21.3 Å². The average molecular weight is 605 g/mol. The van der Waals surface area contributed by atoms with E-state index in [0.717, 1.165) is 9.87 Å². The van der Waals surface area contributed by atoms with Crippen LogP contribution in [0.25, 0.3) is 0 Å². The maximum Gasteiger partial charge on any atom is 0.264 e. The Bertz CT molecular complexity index is 1410. The average Bonchev–Trinajstić information content (AvgIpc) is 2.91. The normalized spacial score (nSPS) is 12.3. The fourth-order valence-corrected chi connectivity index (χ4v) is 6.07. The Morgan fingerprint density at radius 1 is 0.825 bits per heavy atom. The fourth-order valence-electron chi connectivity index (χ4n) is 4.12. The summed E-state index contributed by atoms with van der Waals surface area (Å²) in [5, 5.41) is 3.49. The van der Waals surface area contributed by atoms with E-state index >= 15 is 0 Å². The Labute approximate surface area is 247 Å². The van der Waals surface area contributed by atoms with Crippen LogP contribution in [-0.2, 0) is 26.2 Å². The van der Waals surface area contributed by atoms with Crippen molar-refractivity contribution in [3.8, 4) is 0 Å². The van der Waals surface area contributed by atoms with Gasteiger partial charge in [0.05, 0.1) is 10.6 Å². The number of halogens is 2. The smallest absolute Gasteiger partial charge is 0.264 e. The molecular weight excluding hydrogens is 569 g/mol. The topological polar surface area (TPSA) is 86.8 Å². The second-order valence-corrected chi connectivity index (χ2v) is 12.8. The van der Waals surface area contributed by atoms with Crippen molar-refractivity contribution in [3.63, 3.8) is 0 Å². The lowest BCUT2D eigenvalue weighted by atomic mass is 10.0. The Hall–Kier alpha value is -3.07. The molecule has 40 heavy (non-hydrogen) atoms. The first-order valence-corrected chi connectivity index (χ1v) is 15.2. The fraction of sp³-hybridized carbons (Fsp3) is 0.333. The molecular formula is C30H35Cl2N3O4S. The number of benzene rings is 3. The maximum absolute atomic E-state index is 14.0. The zero-order chi connectivity index (χ0) is 29.6. The first-order valence-electron chi connectivity index (χ1n) is 13.0. The Kier molecular flexibility index (Phi) is 10.6. The van der Waals surface area contributed by atoms with Gasteiger partial charge in [-0.1, -0.05) is 73.4 Å². The third-order valence-corrected chi connectivity index (χ3v) is 8.94.